The molecule has 0 unspecified atom stereocenters. The fraction of sp³-hybridized carbons (Fsp3) is 0.636. The summed E-state index contributed by atoms with van der Waals surface area (Å²) in [6, 6.07) is 0. The molecule has 0 radical (unpaired) electrons. The molecule has 0 saturated heterocycles. The van der Waals surface area contributed by atoms with E-state index in [1.807, 2.05) is 6.92 Å². The first-order valence-corrected chi connectivity index (χ1v) is 6.59. The lowest BCUT2D eigenvalue weighted by molar-refractivity contribution is -0.143. The predicted molar refractivity (Wildman–Crippen MR) is 67.5 cm³/mol. The van der Waals surface area contributed by atoms with Crippen LogP contribution in [0, 0.1) is 0 Å². The van der Waals surface area contributed by atoms with Gasteiger partial charge in [0.25, 0.3) is 5.91 Å². The number of hydrogen-bond acceptors (Lipinski definition) is 6. The van der Waals surface area contributed by atoms with Crippen molar-refractivity contribution in [3.05, 3.63) is 10.6 Å². The summed E-state index contributed by atoms with van der Waals surface area (Å²) >= 11 is 1.09. The fourth-order valence-electron chi connectivity index (χ4n) is 1.37. The standard InChI is InChI=1S/C11H17N3O3S/c1-4-8-10(18-13-12-8)11(16)14(3)7-6-9(15)17-5-2/h4-7H2,1-3H3. The molecule has 1 rings (SSSR count). The molecular formula is C11H17N3O3S. The summed E-state index contributed by atoms with van der Waals surface area (Å²) < 4.78 is 8.58. The van der Waals surface area contributed by atoms with E-state index in [4.69, 9.17) is 4.74 Å². The lowest BCUT2D eigenvalue weighted by Crippen LogP contribution is -2.29. The lowest BCUT2D eigenvalue weighted by Gasteiger charge is -2.15. The smallest absolute Gasteiger partial charge is 0.307 e. The summed E-state index contributed by atoms with van der Waals surface area (Å²) in [5.74, 6) is -0.443. The van der Waals surface area contributed by atoms with Gasteiger partial charge in [0.05, 0.1) is 18.7 Å². The first-order valence-electron chi connectivity index (χ1n) is 5.82. The Morgan fingerprint density at radius 2 is 2.11 bits per heavy atom. The molecule has 100 valence electrons. The number of hydrogen-bond donors (Lipinski definition) is 0. The quantitative estimate of drug-likeness (QED) is 0.725. The van der Waals surface area contributed by atoms with Crippen LogP contribution in [-0.4, -0.2) is 46.6 Å². The molecule has 6 nitrogen and oxygen atoms in total. The van der Waals surface area contributed by atoms with Crippen molar-refractivity contribution in [1.82, 2.24) is 14.5 Å². The maximum absolute atomic E-state index is 12.1. The van der Waals surface area contributed by atoms with Crippen molar-refractivity contribution in [3.8, 4) is 0 Å². The van der Waals surface area contributed by atoms with Crippen LogP contribution in [0.2, 0.25) is 0 Å². The molecule has 0 aliphatic rings. The molecule has 0 N–H and O–H groups in total. The van der Waals surface area contributed by atoms with Gasteiger partial charge in [-0.15, -0.1) is 5.10 Å². The molecule has 1 heterocycles. The van der Waals surface area contributed by atoms with Gasteiger partial charge in [0, 0.05) is 13.6 Å². The van der Waals surface area contributed by atoms with Crippen LogP contribution in [0.1, 0.15) is 35.6 Å². The van der Waals surface area contributed by atoms with Crippen molar-refractivity contribution in [2.45, 2.75) is 26.7 Å². The number of aromatic nitrogens is 2. The topological polar surface area (TPSA) is 72.4 Å². The second kappa shape index (κ2) is 7.05. The van der Waals surface area contributed by atoms with Crippen LogP contribution >= 0.6 is 11.5 Å². The van der Waals surface area contributed by atoms with Crippen molar-refractivity contribution in [2.75, 3.05) is 20.2 Å². The lowest BCUT2D eigenvalue weighted by atomic mass is 10.2. The third kappa shape index (κ3) is 3.76. The molecule has 18 heavy (non-hydrogen) atoms. The average Bonchev–Trinajstić information content (AvgIpc) is 2.83. The van der Waals surface area contributed by atoms with E-state index in [1.165, 1.54) is 4.90 Å². The number of esters is 1. The zero-order chi connectivity index (χ0) is 13.5. The summed E-state index contributed by atoms with van der Waals surface area (Å²) in [6.07, 6.45) is 0.868. The Morgan fingerprint density at radius 1 is 1.39 bits per heavy atom. The van der Waals surface area contributed by atoms with Crippen LogP contribution in [0.3, 0.4) is 0 Å². The molecule has 0 spiro atoms. The van der Waals surface area contributed by atoms with Gasteiger partial charge in [-0.05, 0) is 24.9 Å². The number of carbonyl (C=O) groups is 2. The maximum atomic E-state index is 12.1. The predicted octanol–water partition coefficient (Wildman–Crippen LogP) is 1.13. The minimum atomic E-state index is -0.296. The fourth-order valence-corrected chi connectivity index (χ4v) is 2.11. The molecule has 1 amide bonds. The van der Waals surface area contributed by atoms with E-state index in [9.17, 15) is 9.59 Å². The monoisotopic (exact) mass is 271 g/mol. The molecule has 0 saturated carbocycles. The van der Waals surface area contributed by atoms with Crippen molar-refractivity contribution >= 4 is 23.4 Å². The van der Waals surface area contributed by atoms with Crippen LogP contribution < -0.4 is 0 Å². The van der Waals surface area contributed by atoms with Gasteiger partial charge in [-0.3, -0.25) is 9.59 Å². The highest BCUT2D eigenvalue weighted by molar-refractivity contribution is 7.07. The number of nitrogens with zero attached hydrogens (tertiary/aromatic N) is 3. The Labute approximate surface area is 110 Å². The summed E-state index contributed by atoms with van der Waals surface area (Å²) in [6.45, 7) is 4.36. The van der Waals surface area contributed by atoms with Crippen molar-refractivity contribution in [3.63, 3.8) is 0 Å². The van der Waals surface area contributed by atoms with Gasteiger partial charge in [-0.2, -0.15) is 0 Å². The van der Waals surface area contributed by atoms with Crippen molar-refractivity contribution in [2.24, 2.45) is 0 Å². The Morgan fingerprint density at radius 3 is 2.72 bits per heavy atom. The van der Waals surface area contributed by atoms with Gasteiger partial charge in [-0.1, -0.05) is 11.4 Å². The molecule has 0 bridgehead atoms. The van der Waals surface area contributed by atoms with Gasteiger partial charge < -0.3 is 9.64 Å². The normalized spacial score (nSPS) is 10.2. The van der Waals surface area contributed by atoms with Gasteiger partial charge >= 0.3 is 5.97 Å². The minimum Gasteiger partial charge on any atom is -0.466 e. The molecule has 0 atom stereocenters. The SMILES string of the molecule is CCOC(=O)CCN(C)C(=O)c1snnc1CC. The molecule has 1 aromatic rings. The second-order valence-corrected chi connectivity index (χ2v) is 4.44. The van der Waals surface area contributed by atoms with E-state index >= 15 is 0 Å². The largest absolute Gasteiger partial charge is 0.466 e. The number of rotatable bonds is 6. The first kappa shape index (κ1) is 14.6. The van der Waals surface area contributed by atoms with Crippen molar-refractivity contribution < 1.29 is 14.3 Å². The van der Waals surface area contributed by atoms with E-state index in [0.29, 0.717) is 30.1 Å². The average molecular weight is 271 g/mol. The number of amides is 1. The van der Waals surface area contributed by atoms with E-state index < -0.39 is 0 Å². The highest BCUT2D eigenvalue weighted by Gasteiger charge is 2.19. The number of carbonyl (C=O) groups excluding carboxylic acids is 2. The van der Waals surface area contributed by atoms with Crippen LogP contribution in [0.5, 0.6) is 0 Å². The third-order valence-electron chi connectivity index (χ3n) is 2.39. The molecule has 0 aliphatic heterocycles. The van der Waals surface area contributed by atoms with Gasteiger partial charge in [-0.25, -0.2) is 0 Å². The summed E-state index contributed by atoms with van der Waals surface area (Å²) in [7, 11) is 1.65. The van der Waals surface area contributed by atoms with Crippen molar-refractivity contribution in [1.29, 1.82) is 0 Å². The Bertz CT molecular complexity index is 419. The summed E-state index contributed by atoms with van der Waals surface area (Å²) in [5, 5.41) is 3.89. The Hall–Kier alpha value is -1.50. The van der Waals surface area contributed by atoms with Crippen LogP contribution in [-0.2, 0) is 16.0 Å². The minimum absolute atomic E-state index is 0.147. The molecule has 1 aromatic heterocycles. The molecule has 0 aromatic carbocycles. The molecule has 0 aliphatic carbocycles. The maximum Gasteiger partial charge on any atom is 0.307 e. The zero-order valence-electron chi connectivity index (χ0n) is 10.8. The molecule has 0 fully saturated rings. The summed E-state index contributed by atoms with van der Waals surface area (Å²) in [4.78, 5) is 25.3. The van der Waals surface area contributed by atoms with Crippen LogP contribution in [0.15, 0.2) is 0 Å². The number of aryl methyl sites for hydroxylation is 1. The van der Waals surface area contributed by atoms with E-state index in [-0.39, 0.29) is 18.3 Å². The van der Waals surface area contributed by atoms with E-state index in [0.717, 1.165) is 11.5 Å². The number of ether oxygens (including phenoxy) is 1. The van der Waals surface area contributed by atoms with Gasteiger partial charge in [0.2, 0.25) is 0 Å². The first-order chi connectivity index (χ1) is 8.60. The summed E-state index contributed by atoms with van der Waals surface area (Å²) in [5.41, 5.74) is 0.702. The van der Waals surface area contributed by atoms with E-state index in [1.54, 1.807) is 14.0 Å². The van der Waals surface area contributed by atoms with Gasteiger partial charge in [0.15, 0.2) is 0 Å². The second-order valence-electron chi connectivity index (χ2n) is 3.68. The third-order valence-corrected chi connectivity index (χ3v) is 3.14. The molecule has 7 heteroatoms. The van der Waals surface area contributed by atoms with E-state index in [2.05, 4.69) is 9.59 Å². The highest BCUT2D eigenvalue weighted by atomic mass is 32.1. The van der Waals surface area contributed by atoms with Crippen LogP contribution in [0.4, 0.5) is 0 Å². The highest BCUT2D eigenvalue weighted by Crippen LogP contribution is 2.13. The zero-order valence-corrected chi connectivity index (χ0v) is 11.6. The Balaban J connectivity index is 2.54. The van der Waals surface area contributed by atoms with Gasteiger partial charge in [0.1, 0.15) is 4.88 Å². The molecular weight excluding hydrogens is 254 g/mol. The van der Waals surface area contributed by atoms with Crippen LogP contribution in [0.25, 0.3) is 0 Å². The Kier molecular flexibility index (Phi) is 5.70.